The van der Waals surface area contributed by atoms with Crippen molar-refractivity contribution in [3.63, 3.8) is 0 Å². The van der Waals surface area contributed by atoms with Gasteiger partial charge in [-0.05, 0) is 54.4 Å². The maximum Gasteiger partial charge on any atom is 0.337 e. The number of nitrogens with one attached hydrogen (secondary N) is 1. The number of esters is 1. The molecule has 0 radical (unpaired) electrons. The van der Waals surface area contributed by atoms with E-state index in [0.717, 1.165) is 17.3 Å². The fraction of sp³-hybridized carbons (Fsp3) is 0.241. The normalized spacial score (nSPS) is 10.7. The first-order chi connectivity index (χ1) is 19.4. The standard InChI is InChI=1S/C29H29N3O7S/c1-36-21-7-5-6-20(16-21)30-26(33)17-40-29-31-23-15-19(28(35)39-4)9-10-22(23)27(34)32(29)13-12-18-8-11-24(37-2)25(14-18)38-3/h5-11,14-16H,12-13,17H2,1-4H3,(H,30,33). The SMILES string of the molecule is COC(=O)c1ccc2c(=O)n(CCc3ccc(OC)c(OC)c3)c(SCC(=O)Nc3cccc(OC)c3)nc2c1. The number of carbonyl (C=O) groups is 2. The molecule has 3 aromatic carbocycles. The van der Waals surface area contributed by atoms with Crippen LogP contribution in [0.25, 0.3) is 10.9 Å². The van der Waals surface area contributed by atoms with Crippen LogP contribution in [0.15, 0.2) is 70.6 Å². The minimum absolute atomic E-state index is 0.00219. The van der Waals surface area contributed by atoms with Crippen molar-refractivity contribution < 1.29 is 28.5 Å². The van der Waals surface area contributed by atoms with Crippen LogP contribution < -0.4 is 25.1 Å². The molecule has 0 aliphatic carbocycles. The Balaban J connectivity index is 1.63. The number of aromatic nitrogens is 2. The lowest BCUT2D eigenvalue weighted by atomic mass is 10.1. The molecule has 0 atom stereocenters. The second kappa shape index (κ2) is 13.0. The van der Waals surface area contributed by atoms with E-state index in [4.69, 9.17) is 18.9 Å². The van der Waals surface area contributed by atoms with E-state index in [1.807, 2.05) is 18.2 Å². The quantitative estimate of drug-likeness (QED) is 0.163. The molecule has 40 heavy (non-hydrogen) atoms. The zero-order valence-electron chi connectivity index (χ0n) is 22.6. The molecule has 0 aliphatic heterocycles. The number of fused-ring (bicyclic) bond motifs is 1. The molecule has 4 rings (SSSR count). The van der Waals surface area contributed by atoms with Gasteiger partial charge in [-0.25, -0.2) is 9.78 Å². The van der Waals surface area contributed by atoms with Crippen molar-refractivity contribution in [3.8, 4) is 17.2 Å². The highest BCUT2D eigenvalue weighted by Gasteiger charge is 2.16. The van der Waals surface area contributed by atoms with Crippen molar-refractivity contribution >= 4 is 40.2 Å². The van der Waals surface area contributed by atoms with Crippen LogP contribution in [0, 0.1) is 0 Å². The van der Waals surface area contributed by atoms with Crippen molar-refractivity contribution in [1.82, 2.24) is 9.55 Å². The summed E-state index contributed by atoms with van der Waals surface area (Å²) in [6, 6.07) is 17.2. The van der Waals surface area contributed by atoms with Crippen LogP contribution in [0.2, 0.25) is 0 Å². The first kappa shape index (κ1) is 28.5. The zero-order valence-corrected chi connectivity index (χ0v) is 23.4. The van der Waals surface area contributed by atoms with E-state index >= 15 is 0 Å². The Morgan fingerprint density at radius 3 is 2.45 bits per heavy atom. The molecular formula is C29H29N3O7S. The Hall–Kier alpha value is -4.51. The lowest BCUT2D eigenvalue weighted by Gasteiger charge is -2.15. The van der Waals surface area contributed by atoms with E-state index in [2.05, 4.69) is 10.3 Å². The summed E-state index contributed by atoms with van der Waals surface area (Å²) in [5.74, 6) is 1.00. The Bertz CT molecular complexity index is 1600. The highest BCUT2D eigenvalue weighted by Crippen LogP contribution is 2.28. The summed E-state index contributed by atoms with van der Waals surface area (Å²) in [4.78, 5) is 43.1. The van der Waals surface area contributed by atoms with Gasteiger partial charge in [-0.2, -0.15) is 0 Å². The molecule has 0 saturated carbocycles. The topological polar surface area (TPSA) is 118 Å². The van der Waals surface area contributed by atoms with Crippen LogP contribution in [0.5, 0.6) is 17.2 Å². The smallest absolute Gasteiger partial charge is 0.337 e. The minimum Gasteiger partial charge on any atom is -0.497 e. The number of nitrogens with zero attached hydrogens (tertiary/aromatic N) is 2. The molecule has 1 amide bonds. The third kappa shape index (κ3) is 6.55. The van der Waals surface area contributed by atoms with E-state index in [1.165, 1.54) is 19.2 Å². The third-order valence-electron chi connectivity index (χ3n) is 6.10. The predicted molar refractivity (Wildman–Crippen MR) is 153 cm³/mol. The Morgan fingerprint density at radius 2 is 1.73 bits per heavy atom. The van der Waals surface area contributed by atoms with Crippen molar-refractivity contribution in [2.24, 2.45) is 0 Å². The number of benzene rings is 3. The summed E-state index contributed by atoms with van der Waals surface area (Å²) < 4.78 is 22.3. The van der Waals surface area contributed by atoms with Gasteiger partial charge in [-0.1, -0.05) is 23.9 Å². The molecular weight excluding hydrogens is 534 g/mol. The van der Waals surface area contributed by atoms with E-state index in [0.29, 0.717) is 52.0 Å². The highest BCUT2D eigenvalue weighted by atomic mass is 32.2. The molecule has 10 nitrogen and oxygen atoms in total. The number of hydrogen-bond acceptors (Lipinski definition) is 9. The molecule has 11 heteroatoms. The molecule has 0 aliphatic rings. The number of carbonyl (C=O) groups excluding carboxylic acids is 2. The summed E-state index contributed by atoms with van der Waals surface area (Å²) in [5, 5.41) is 3.53. The van der Waals surface area contributed by atoms with Gasteiger partial charge in [0.25, 0.3) is 5.56 Å². The fourth-order valence-corrected chi connectivity index (χ4v) is 4.88. The number of ether oxygens (including phenoxy) is 4. The van der Waals surface area contributed by atoms with E-state index in [1.54, 1.807) is 56.2 Å². The van der Waals surface area contributed by atoms with Gasteiger partial charge in [0.15, 0.2) is 16.7 Å². The molecule has 0 fully saturated rings. The molecule has 1 N–H and O–H groups in total. The zero-order chi connectivity index (χ0) is 28.6. The van der Waals surface area contributed by atoms with Gasteiger partial charge < -0.3 is 24.3 Å². The van der Waals surface area contributed by atoms with Crippen molar-refractivity contribution in [1.29, 1.82) is 0 Å². The highest BCUT2D eigenvalue weighted by molar-refractivity contribution is 7.99. The molecule has 1 heterocycles. The summed E-state index contributed by atoms with van der Waals surface area (Å²) in [6.45, 7) is 0.301. The number of amides is 1. The largest absolute Gasteiger partial charge is 0.497 e. The van der Waals surface area contributed by atoms with Gasteiger partial charge in [0.1, 0.15) is 5.75 Å². The average molecular weight is 564 g/mol. The van der Waals surface area contributed by atoms with Crippen LogP contribution in [-0.4, -0.2) is 55.6 Å². The minimum atomic E-state index is -0.534. The van der Waals surface area contributed by atoms with E-state index < -0.39 is 5.97 Å². The van der Waals surface area contributed by atoms with Crippen LogP contribution in [0.1, 0.15) is 15.9 Å². The lowest BCUT2D eigenvalue weighted by molar-refractivity contribution is -0.113. The molecule has 4 aromatic rings. The van der Waals surface area contributed by atoms with Gasteiger partial charge in [-0.15, -0.1) is 0 Å². The van der Waals surface area contributed by atoms with Gasteiger partial charge in [0, 0.05) is 18.3 Å². The molecule has 1 aromatic heterocycles. The van der Waals surface area contributed by atoms with Gasteiger partial charge in [-0.3, -0.25) is 14.2 Å². The first-order valence-electron chi connectivity index (χ1n) is 12.3. The maximum absolute atomic E-state index is 13.6. The van der Waals surface area contributed by atoms with Gasteiger partial charge in [0.2, 0.25) is 5.91 Å². The van der Waals surface area contributed by atoms with Crippen molar-refractivity contribution in [2.45, 2.75) is 18.1 Å². The van der Waals surface area contributed by atoms with E-state index in [-0.39, 0.29) is 22.8 Å². The summed E-state index contributed by atoms with van der Waals surface area (Å²) in [7, 11) is 5.97. The van der Waals surface area contributed by atoms with Crippen LogP contribution in [-0.2, 0) is 22.5 Å². The average Bonchev–Trinajstić information content (AvgIpc) is 2.98. The number of methoxy groups -OCH3 is 4. The molecule has 0 saturated heterocycles. The summed E-state index contributed by atoms with van der Waals surface area (Å²) >= 11 is 1.13. The number of aryl methyl sites for hydroxylation is 1. The van der Waals surface area contributed by atoms with Gasteiger partial charge in [0.05, 0.1) is 50.7 Å². The number of hydrogen-bond donors (Lipinski definition) is 1. The van der Waals surface area contributed by atoms with E-state index in [9.17, 15) is 14.4 Å². The first-order valence-corrected chi connectivity index (χ1v) is 13.3. The Labute approximate surface area is 235 Å². The number of anilines is 1. The Kier molecular flexibility index (Phi) is 9.28. The molecule has 208 valence electrons. The summed E-state index contributed by atoms with van der Waals surface area (Å²) in [6.07, 6.45) is 0.497. The number of rotatable bonds is 11. The molecule has 0 bridgehead atoms. The molecule has 0 unspecified atom stereocenters. The lowest BCUT2D eigenvalue weighted by Crippen LogP contribution is -2.25. The predicted octanol–water partition coefficient (Wildman–Crippen LogP) is 4.18. The summed E-state index contributed by atoms with van der Waals surface area (Å²) in [5.41, 5.74) is 1.85. The van der Waals surface area contributed by atoms with Crippen molar-refractivity contribution in [2.75, 3.05) is 39.5 Å². The maximum atomic E-state index is 13.6. The number of thioether (sulfide) groups is 1. The van der Waals surface area contributed by atoms with Crippen LogP contribution in [0.4, 0.5) is 5.69 Å². The second-order valence-electron chi connectivity index (χ2n) is 8.58. The second-order valence-corrected chi connectivity index (χ2v) is 9.53. The van der Waals surface area contributed by atoms with Gasteiger partial charge >= 0.3 is 5.97 Å². The monoisotopic (exact) mass is 563 g/mol. The van der Waals surface area contributed by atoms with Crippen LogP contribution >= 0.6 is 11.8 Å². The third-order valence-corrected chi connectivity index (χ3v) is 7.08. The molecule has 0 spiro atoms. The van der Waals surface area contributed by atoms with Crippen LogP contribution in [0.3, 0.4) is 0 Å². The Morgan fingerprint density at radius 1 is 0.925 bits per heavy atom. The fourth-order valence-electron chi connectivity index (χ4n) is 4.06. The van der Waals surface area contributed by atoms with Crippen molar-refractivity contribution in [3.05, 3.63) is 82.1 Å².